The number of ether oxygens (including phenoxy) is 1. The van der Waals surface area contributed by atoms with Crippen molar-refractivity contribution in [1.29, 1.82) is 0 Å². The SMILES string of the molecule is COCCC(=O)N(C)CC(=O)N1CCCC(C(=O)O)C1. The number of carbonyl (C=O) groups is 3. The summed E-state index contributed by atoms with van der Waals surface area (Å²) in [4.78, 5) is 37.6. The number of nitrogens with zero attached hydrogens (tertiary/aromatic N) is 2. The van der Waals surface area contributed by atoms with Crippen LogP contribution in [0.1, 0.15) is 19.3 Å². The Bertz CT molecular complexity index is 372. The van der Waals surface area contributed by atoms with Gasteiger partial charge in [-0.2, -0.15) is 0 Å². The summed E-state index contributed by atoms with van der Waals surface area (Å²) in [5, 5.41) is 8.99. The van der Waals surface area contributed by atoms with Gasteiger partial charge >= 0.3 is 5.97 Å². The minimum Gasteiger partial charge on any atom is -0.481 e. The first kappa shape index (κ1) is 16.4. The number of carboxylic acids is 1. The number of amides is 2. The summed E-state index contributed by atoms with van der Waals surface area (Å²) >= 11 is 0. The Kier molecular flexibility index (Phi) is 6.44. The van der Waals surface area contributed by atoms with Crippen LogP contribution in [0.4, 0.5) is 0 Å². The molecule has 2 amide bonds. The van der Waals surface area contributed by atoms with Crippen molar-refractivity contribution in [3.05, 3.63) is 0 Å². The van der Waals surface area contributed by atoms with E-state index in [9.17, 15) is 14.4 Å². The number of likely N-dealkylation sites (N-methyl/N-ethyl adjacent to an activating group) is 1. The van der Waals surface area contributed by atoms with Gasteiger partial charge in [-0.1, -0.05) is 0 Å². The second-order valence-corrected chi connectivity index (χ2v) is 5.01. The summed E-state index contributed by atoms with van der Waals surface area (Å²) in [5.41, 5.74) is 0. The van der Waals surface area contributed by atoms with Crippen LogP contribution in [0.3, 0.4) is 0 Å². The molecule has 0 bridgehead atoms. The Labute approximate surface area is 118 Å². The van der Waals surface area contributed by atoms with E-state index in [2.05, 4.69) is 0 Å². The Morgan fingerprint density at radius 3 is 2.70 bits per heavy atom. The molecule has 1 atom stereocenters. The molecule has 0 spiro atoms. The maximum absolute atomic E-state index is 12.1. The van der Waals surface area contributed by atoms with Crippen LogP contribution in [0.2, 0.25) is 0 Å². The lowest BCUT2D eigenvalue weighted by atomic mass is 9.98. The van der Waals surface area contributed by atoms with Gasteiger partial charge < -0.3 is 19.6 Å². The molecule has 0 saturated carbocycles. The Hall–Kier alpha value is -1.63. The van der Waals surface area contributed by atoms with Crippen molar-refractivity contribution in [3.8, 4) is 0 Å². The van der Waals surface area contributed by atoms with Crippen LogP contribution in [0, 0.1) is 5.92 Å². The highest BCUT2D eigenvalue weighted by molar-refractivity contribution is 5.85. The van der Waals surface area contributed by atoms with E-state index < -0.39 is 11.9 Å². The molecule has 1 N–H and O–H groups in total. The molecular weight excluding hydrogens is 264 g/mol. The fourth-order valence-corrected chi connectivity index (χ4v) is 2.18. The third kappa shape index (κ3) is 4.80. The molecule has 7 heteroatoms. The average Bonchev–Trinajstić information content (AvgIpc) is 2.44. The first-order valence-corrected chi connectivity index (χ1v) is 6.69. The van der Waals surface area contributed by atoms with Gasteiger partial charge in [0.25, 0.3) is 0 Å². The van der Waals surface area contributed by atoms with Crippen LogP contribution in [0.15, 0.2) is 0 Å². The molecule has 1 aliphatic rings. The van der Waals surface area contributed by atoms with Crippen LogP contribution in [0.5, 0.6) is 0 Å². The van der Waals surface area contributed by atoms with Crippen molar-refractivity contribution in [2.75, 3.05) is 40.4 Å². The van der Waals surface area contributed by atoms with E-state index in [-0.39, 0.29) is 31.3 Å². The van der Waals surface area contributed by atoms with Crippen LogP contribution in [-0.2, 0) is 19.1 Å². The number of methoxy groups -OCH3 is 1. The zero-order valence-electron chi connectivity index (χ0n) is 12.0. The number of hydrogen-bond donors (Lipinski definition) is 1. The predicted octanol–water partition coefficient (Wildman–Crippen LogP) is -0.195. The summed E-state index contributed by atoms with van der Waals surface area (Å²) in [7, 11) is 3.08. The maximum atomic E-state index is 12.1. The van der Waals surface area contributed by atoms with Crippen molar-refractivity contribution >= 4 is 17.8 Å². The van der Waals surface area contributed by atoms with E-state index in [1.807, 2.05) is 0 Å². The fraction of sp³-hybridized carbons (Fsp3) is 0.769. The molecular formula is C13H22N2O5. The van der Waals surface area contributed by atoms with Crippen molar-refractivity contribution in [2.24, 2.45) is 5.92 Å². The number of aliphatic carboxylic acids is 1. The Morgan fingerprint density at radius 1 is 1.40 bits per heavy atom. The Balaban J connectivity index is 2.45. The van der Waals surface area contributed by atoms with Crippen LogP contribution < -0.4 is 0 Å². The number of likely N-dealkylation sites (tertiary alicyclic amines) is 1. The van der Waals surface area contributed by atoms with Gasteiger partial charge in [0.2, 0.25) is 11.8 Å². The van der Waals surface area contributed by atoms with Gasteiger partial charge in [-0.15, -0.1) is 0 Å². The molecule has 20 heavy (non-hydrogen) atoms. The molecule has 0 aliphatic carbocycles. The topological polar surface area (TPSA) is 87.2 Å². The van der Waals surface area contributed by atoms with Crippen LogP contribution in [0.25, 0.3) is 0 Å². The summed E-state index contributed by atoms with van der Waals surface area (Å²) in [5.74, 6) is -1.73. The van der Waals surface area contributed by atoms with Crippen LogP contribution in [-0.4, -0.2) is 73.1 Å². The van der Waals surface area contributed by atoms with Gasteiger partial charge in [0, 0.05) is 27.2 Å². The molecule has 1 saturated heterocycles. The largest absolute Gasteiger partial charge is 0.481 e. The molecule has 114 valence electrons. The fourth-order valence-electron chi connectivity index (χ4n) is 2.18. The lowest BCUT2D eigenvalue weighted by Gasteiger charge is -2.32. The maximum Gasteiger partial charge on any atom is 0.308 e. The van der Waals surface area contributed by atoms with Crippen molar-refractivity contribution in [1.82, 2.24) is 9.80 Å². The molecule has 0 aromatic rings. The molecule has 0 aromatic carbocycles. The number of carbonyl (C=O) groups excluding carboxylic acids is 2. The minimum atomic E-state index is -0.868. The summed E-state index contributed by atoms with van der Waals surface area (Å²) < 4.78 is 4.82. The highest BCUT2D eigenvalue weighted by Gasteiger charge is 2.28. The van der Waals surface area contributed by atoms with Crippen molar-refractivity contribution in [2.45, 2.75) is 19.3 Å². The van der Waals surface area contributed by atoms with E-state index in [0.717, 1.165) is 0 Å². The molecule has 0 radical (unpaired) electrons. The number of hydrogen-bond acceptors (Lipinski definition) is 4. The monoisotopic (exact) mass is 286 g/mol. The zero-order valence-corrected chi connectivity index (χ0v) is 12.0. The van der Waals surface area contributed by atoms with Gasteiger partial charge in [-0.05, 0) is 12.8 Å². The zero-order chi connectivity index (χ0) is 15.1. The van der Waals surface area contributed by atoms with Gasteiger partial charge in [0.15, 0.2) is 0 Å². The van der Waals surface area contributed by atoms with E-state index in [1.165, 1.54) is 16.9 Å². The molecule has 1 rings (SSSR count). The summed E-state index contributed by atoms with van der Waals surface area (Å²) in [6.45, 7) is 1.09. The van der Waals surface area contributed by atoms with Gasteiger partial charge in [-0.25, -0.2) is 0 Å². The van der Waals surface area contributed by atoms with Gasteiger partial charge in [0.1, 0.15) is 0 Å². The van der Waals surface area contributed by atoms with Crippen molar-refractivity contribution in [3.63, 3.8) is 0 Å². The molecule has 1 unspecified atom stereocenters. The highest BCUT2D eigenvalue weighted by atomic mass is 16.5. The molecule has 1 aliphatic heterocycles. The van der Waals surface area contributed by atoms with E-state index in [4.69, 9.17) is 9.84 Å². The highest BCUT2D eigenvalue weighted by Crippen LogP contribution is 2.16. The van der Waals surface area contributed by atoms with Crippen molar-refractivity contribution < 1.29 is 24.2 Å². The molecule has 1 heterocycles. The van der Waals surface area contributed by atoms with Gasteiger partial charge in [-0.3, -0.25) is 14.4 Å². The molecule has 7 nitrogen and oxygen atoms in total. The third-order valence-corrected chi connectivity index (χ3v) is 3.44. The standard InChI is InChI=1S/C13H22N2O5/c1-14(11(16)5-7-20-2)9-12(17)15-6-3-4-10(8-15)13(18)19/h10H,3-9H2,1-2H3,(H,18,19). The van der Waals surface area contributed by atoms with Crippen LogP contribution >= 0.6 is 0 Å². The lowest BCUT2D eigenvalue weighted by molar-refractivity contribution is -0.147. The minimum absolute atomic E-state index is 0.0190. The number of piperidine rings is 1. The number of rotatable bonds is 6. The summed E-state index contributed by atoms with van der Waals surface area (Å²) in [6, 6.07) is 0. The average molecular weight is 286 g/mol. The van der Waals surface area contributed by atoms with E-state index in [0.29, 0.717) is 26.0 Å². The normalized spacial score (nSPS) is 18.7. The molecule has 1 fully saturated rings. The van der Waals surface area contributed by atoms with E-state index in [1.54, 1.807) is 7.05 Å². The predicted molar refractivity (Wildman–Crippen MR) is 71.1 cm³/mol. The van der Waals surface area contributed by atoms with Gasteiger partial charge in [0.05, 0.1) is 25.5 Å². The smallest absolute Gasteiger partial charge is 0.308 e. The second kappa shape index (κ2) is 7.84. The summed E-state index contributed by atoms with van der Waals surface area (Å²) in [6.07, 6.45) is 1.52. The number of carboxylic acid groups (broad SMARTS) is 1. The second-order valence-electron chi connectivity index (χ2n) is 5.01. The third-order valence-electron chi connectivity index (χ3n) is 3.44. The Morgan fingerprint density at radius 2 is 2.10 bits per heavy atom. The quantitative estimate of drug-likeness (QED) is 0.731. The van der Waals surface area contributed by atoms with E-state index >= 15 is 0 Å². The molecule has 0 aromatic heterocycles. The lowest BCUT2D eigenvalue weighted by Crippen LogP contribution is -2.47. The first-order chi connectivity index (χ1) is 9.45. The first-order valence-electron chi connectivity index (χ1n) is 6.69.